The van der Waals surface area contributed by atoms with E-state index in [1.165, 1.54) is 6.07 Å². The molecule has 0 aliphatic rings. The summed E-state index contributed by atoms with van der Waals surface area (Å²) >= 11 is 0. The quantitative estimate of drug-likeness (QED) is 0.685. The minimum absolute atomic E-state index is 0.276. The summed E-state index contributed by atoms with van der Waals surface area (Å²) in [7, 11) is 0. The molecule has 21 heavy (non-hydrogen) atoms. The second-order valence-corrected chi connectivity index (χ2v) is 4.71. The average Bonchev–Trinajstić information content (AvgIpc) is 2.93. The summed E-state index contributed by atoms with van der Waals surface area (Å²) in [6.07, 6.45) is 2.41. The maximum atomic E-state index is 13.7. The van der Waals surface area contributed by atoms with Crippen LogP contribution in [0.25, 0.3) is 11.3 Å². The fourth-order valence-electron chi connectivity index (χ4n) is 2.23. The summed E-state index contributed by atoms with van der Waals surface area (Å²) in [5.41, 5.74) is 2.52. The van der Waals surface area contributed by atoms with Crippen LogP contribution in [0.15, 0.2) is 60.8 Å². The van der Waals surface area contributed by atoms with Gasteiger partial charge in [0.15, 0.2) is 6.29 Å². The Hall–Kier alpha value is -2.75. The van der Waals surface area contributed by atoms with Gasteiger partial charge in [0, 0.05) is 17.3 Å². The average molecular weight is 280 g/mol. The highest BCUT2D eigenvalue weighted by Crippen LogP contribution is 2.21. The molecule has 0 spiro atoms. The lowest BCUT2D eigenvalue weighted by atomic mass is 10.1. The van der Waals surface area contributed by atoms with Gasteiger partial charge in [0.2, 0.25) is 0 Å². The summed E-state index contributed by atoms with van der Waals surface area (Å²) in [5.74, 6) is -0.276. The predicted molar refractivity (Wildman–Crippen MR) is 78.6 cm³/mol. The zero-order chi connectivity index (χ0) is 14.7. The molecule has 3 nitrogen and oxygen atoms in total. The second kappa shape index (κ2) is 5.71. The van der Waals surface area contributed by atoms with Crippen molar-refractivity contribution in [2.45, 2.75) is 6.54 Å². The lowest BCUT2D eigenvalue weighted by Crippen LogP contribution is -2.02. The minimum atomic E-state index is -0.276. The first-order chi connectivity index (χ1) is 10.3. The van der Waals surface area contributed by atoms with Gasteiger partial charge in [-0.05, 0) is 6.07 Å². The Kier molecular flexibility index (Phi) is 3.60. The summed E-state index contributed by atoms with van der Waals surface area (Å²) in [6, 6.07) is 16.0. The summed E-state index contributed by atoms with van der Waals surface area (Å²) < 4.78 is 15.3. The van der Waals surface area contributed by atoms with Gasteiger partial charge in [-0.15, -0.1) is 0 Å². The van der Waals surface area contributed by atoms with Gasteiger partial charge >= 0.3 is 0 Å². The van der Waals surface area contributed by atoms with Crippen LogP contribution in [0.2, 0.25) is 0 Å². The van der Waals surface area contributed by atoms with Gasteiger partial charge in [-0.2, -0.15) is 5.10 Å². The molecule has 104 valence electrons. The van der Waals surface area contributed by atoms with Crippen molar-refractivity contribution in [2.75, 3.05) is 0 Å². The molecule has 0 amide bonds. The highest BCUT2D eigenvalue weighted by atomic mass is 19.1. The van der Waals surface area contributed by atoms with Crippen molar-refractivity contribution in [3.8, 4) is 11.3 Å². The molecule has 0 radical (unpaired) electrons. The highest BCUT2D eigenvalue weighted by Gasteiger charge is 2.11. The van der Waals surface area contributed by atoms with Crippen molar-refractivity contribution in [1.82, 2.24) is 9.78 Å². The van der Waals surface area contributed by atoms with E-state index >= 15 is 0 Å². The number of aldehydes is 1. The number of halogens is 1. The molecule has 0 aliphatic carbocycles. The Balaban J connectivity index is 1.97. The third kappa shape index (κ3) is 2.74. The molecule has 0 atom stereocenters. The molecular formula is C17H13FN2O. The molecule has 0 fully saturated rings. The molecular weight excluding hydrogens is 267 g/mol. The highest BCUT2D eigenvalue weighted by molar-refractivity contribution is 5.85. The maximum absolute atomic E-state index is 13.7. The number of nitrogens with zero attached hydrogens (tertiary/aromatic N) is 2. The molecule has 4 heteroatoms. The molecule has 0 aliphatic heterocycles. The topological polar surface area (TPSA) is 34.9 Å². The molecule has 3 rings (SSSR count). The van der Waals surface area contributed by atoms with Gasteiger partial charge in [-0.25, -0.2) is 4.39 Å². The zero-order valence-corrected chi connectivity index (χ0v) is 11.2. The summed E-state index contributed by atoms with van der Waals surface area (Å²) in [6.45, 7) is 0.292. The van der Waals surface area contributed by atoms with Gasteiger partial charge < -0.3 is 0 Å². The van der Waals surface area contributed by atoms with E-state index in [9.17, 15) is 9.18 Å². The third-order valence-electron chi connectivity index (χ3n) is 3.25. The third-order valence-corrected chi connectivity index (χ3v) is 3.25. The van der Waals surface area contributed by atoms with Crippen LogP contribution >= 0.6 is 0 Å². The van der Waals surface area contributed by atoms with E-state index in [4.69, 9.17) is 0 Å². The zero-order valence-electron chi connectivity index (χ0n) is 11.2. The SMILES string of the molecule is O=Cc1cn(Cc2ccccc2F)nc1-c1ccccc1. The monoisotopic (exact) mass is 280 g/mol. The predicted octanol–water partition coefficient (Wildman–Crippen LogP) is 3.55. The molecule has 0 saturated heterocycles. The van der Waals surface area contributed by atoms with Crippen molar-refractivity contribution in [2.24, 2.45) is 0 Å². The van der Waals surface area contributed by atoms with Crippen LogP contribution in [-0.4, -0.2) is 16.1 Å². The number of carbonyl (C=O) groups excluding carboxylic acids is 1. The second-order valence-electron chi connectivity index (χ2n) is 4.71. The van der Waals surface area contributed by atoms with Crippen LogP contribution in [0.5, 0.6) is 0 Å². The van der Waals surface area contributed by atoms with E-state index in [-0.39, 0.29) is 5.82 Å². The lowest BCUT2D eigenvalue weighted by molar-refractivity contribution is 0.112. The van der Waals surface area contributed by atoms with Crippen LogP contribution in [0, 0.1) is 5.82 Å². The Bertz CT molecular complexity index is 765. The lowest BCUT2D eigenvalue weighted by Gasteiger charge is -2.03. The van der Waals surface area contributed by atoms with Gasteiger partial charge in [0.1, 0.15) is 11.5 Å². The number of hydrogen-bond donors (Lipinski definition) is 0. The first-order valence-electron chi connectivity index (χ1n) is 6.59. The molecule has 2 aromatic carbocycles. The van der Waals surface area contributed by atoms with Gasteiger partial charge in [0.05, 0.1) is 12.1 Å². The normalized spacial score (nSPS) is 10.5. The molecule has 0 bridgehead atoms. The fourth-order valence-corrected chi connectivity index (χ4v) is 2.23. The number of aromatic nitrogens is 2. The van der Waals surface area contributed by atoms with Gasteiger partial charge in [0.25, 0.3) is 0 Å². The first kappa shape index (κ1) is 13.2. The summed E-state index contributed by atoms with van der Waals surface area (Å²) in [4.78, 5) is 11.2. The molecule has 0 unspecified atom stereocenters. The van der Waals surface area contributed by atoms with Crippen molar-refractivity contribution >= 4 is 6.29 Å². The number of rotatable bonds is 4. The Labute approximate surface area is 121 Å². The fraction of sp³-hybridized carbons (Fsp3) is 0.0588. The van der Waals surface area contributed by atoms with E-state index in [0.717, 1.165) is 11.8 Å². The summed E-state index contributed by atoms with van der Waals surface area (Å²) in [5, 5.41) is 4.41. The molecule has 3 aromatic rings. The smallest absolute Gasteiger partial charge is 0.153 e. The van der Waals surface area contributed by atoms with E-state index < -0.39 is 0 Å². The van der Waals surface area contributed by atoms with Crippen molar-refractivity contribution in [3.05, 3.63) is 77.7 Å². The van der Waals surface area contributed by atoms with Crippen LogP contribution in [0.1, 0.15) is 15.9 Å². The number of hydrogen-bond acceptors (Lipinski definition) is 2. The van der Waals surface area contributed by atoms with Crippen molar-refractivity contribution < 1.29 is 9.18 Å². The van der Waals surface area contributed by atoms with E-state index in [1.54, 1.807) is 29.1 Å². The number of carbonyl (C=O) groups is 1. The Morgan fingerprint density at radius 2 is 1.76 bits per heavy atom. The Morgan fingerprint density at radius 3 is 2.48 bits per heavy atom. The van der Waals surface area contributed by atoms with Crippen molar-refractivity contribution in [1.29, 1.82) is 0 Å². The van der Waals surface area contributed by atoms with E-state index in [2.05, 4.69) is 5.10 Å². The van der Waals surface area contributed by atoms with E-state index in [1.807, 2.05) is 30.3 Å². The first-order valence-corrected chi connectivity index (χ1v) is 6.59. The van der Waals surface area contributed by atoms with Crippen LogP contribution < -0.4 is 0 Å². The van der Waals surface area contributed by atoms with Crippen molar-refractivity contribution in [3.63, 3.8) is 0 Å². The molecule has 1 heterocycles. The maximum Gasteiger partial charge on any atom is 0.153 e. The molecule has 0 saturated carbocycles. The number of benzene rings is 2. The van der Waals surface area contributed by atoms with Crippen LogP contribution in [0.4, 0.5) is 4.39 Å². The van der Waals surface area contributed by atoms with E-state index in [0.29, 0.717) is 23.4 Å². The van der Waals surface area contributed by atoms with Crippen LogP contribution in [-0.2, 0) is 6.54 Å². The van der Waals surface area contributed by atoms with Gasteiger partial charge in [-0.1, -0.05) is 48.5 Å². The molecule has 0 N–H and O–H groups in total. The largest absolute Gasteiger partial charge is 0.298 e. The molecule has 1 aromatic heterocycles. The van der Waals surface area contributed by atoms with Gasteiger partial charge in [-0.3, -0.25) is 9.48 Å². The standard InChI is InChI=1S/C17H13FN2O/c18-16-9-5-4-8-14(16)10-20-11-15(12-21)17(19-20)13-6-2-1-3-7-13/h1-9,11-12H,10H2. The Morgan fingerprint density at radius 1 is 1.05 bits per heavy atom. The minimum Gasteiger partial charge on any atom is -0.298 e. The van der Waals surface area contributed by atoms with Crippen LogP contribution in [0.3, 0.4) is 0 Å².